The normalized spacial score (nSPS) is 16.1. The van der Waals surface area contributed by atoms with E-state index >= 15 is 0 Å². The summed E-state index contributed by atoms with van der Waals surface area (Å²) >= 11 is 3.16. The third-order valence-corrected chi connectivity index (χ3v) is 9.59. The number of allylic oxidation sites excluding steroid dienone is 1. The minimum atomic E-state index is -3.61. The maximum Gasteiger partial charge on any atom is 0.251 e. The Labute approximate surface area is 207 Å². The standard InChI is InChI=1S/C24H27N3O4S3/c1-4-13-27-21-10-7-19(32-3)16-22(21)33-24(27)25-23(28)17-11-14-26(15-12-17)34(29,30)20-8-5-18(31-2)6-9-20/h4-10,16-17H,1,11-15H2,2-3H3. The van der Waals surface area contributed by atoms with Crippen LogP contribution in [0.3, 0.4) is 0 Å². The van der Waals surface area contributed by atoms with E-state index in [0.29, 0.717) is 29.9 Å². The Morgan fingerprint density at radius 3 is 2.56 bits per heavy atom. The van der Waals surface area contributed by atoms with Crippen LogP contribution in [0.1, 0.15) is 12.8 Å². The molecule has 0 saturated carbocycles. The van der Waals surface area contributed by atoms with Gasteiger partial charge in [-0.25, -0.2) is 8.42 Å². The number of benzene rings is 2. The summed E-state index contributed by atoms with van der Waals surface area (Å²) in [5.74, 6) is 0.104. The van der Waals surface area contributed by atoms with Crippen LogP contribution < -0.4 is 9.54 Å². The van der Waals surface area contributed by atoms with E-state index in [-0.39, 0.29) is 29.8 Å². The molecular formula is C24H27N3O4S3. The highest BCUT2D eigenvalue weighted by Gasteiger charge is 2.32. The van der Waals surface area contributed by atoms with Gasteiger partial charge in [0.25, 0.3) is 5.91 Å². The maximum absolute atomic E-state index is 13.0. The predicted molar refractivity (Wildman–Crippen MR) is 137 cm³/mol. The molecule has 1 aliphatic heterocycles. The zero-order chi connectivity index (χ0) is 24.3. The van der Waals surface area contributed by atoms with Gasteiger partial charge < -0.3 is 9.30 Å². The molecule has 1 aliphatic rings. The number of fused-ring (bicyclic) bond motifs is 1. The number of sulfonamides is 1. The highest BCUT2D eigenvalue weighted by atomic mass is 32.2. The first-order valence-corrected chi connectivity index (χ1v) is 14.4. The summed E-state index contributed by atoms with van der Waals surface area (Å²) in [6.07, 6.45) is 4.71. The molecule has 10 heteroatoms. The molecule has 180 valence electrons. The highest BCUT2D eigenvalue weighted by Crippen LogP contribution is 2.27. The Hall–Kier alpha value is -2.40. The Balaban J connectivity index is 1.52. The SMILES string of the molecule is C=CCn1c(=NC(=O)C2CCN(S(=O)(=O)c3ccc(OC)cc3)CC2)sc2cc(SC)ccc21. The number of aromatic nitrogens is 1. The van der Waals surface area contributed by atoms with Gasteiger partial charge >= 0.3 is 0 Å². The first kappa shape index (κ1) is 24.7. The number of carbonyl (C=O) groups is 1. The van der Waals surface area contributed by atoms with Gasteiger partial charge in [0.05, 0.1) is 22.2 Å². The Bertz CT molecular complexity index is 1370. The molecule has 1 fully saturated rings. The number of nitrogens with zero attached hydrogens (tertiary/aromatic N) is 3. The smallest absolute Gasteiger partial charge is 0.251 e. The summed E-state index contributed by atoms with van der Waals surface area (Å²) in [5, 5.41) is 0. The predicted octanol–water partition coefficient (Wildman–Crippen LogP) is 4.15. The molecular weight excluding hydrogens is 490 g/mol. The summed E-state index contributed by atoms with van der Waals surface area (Å²) < 4.78 is 35.6. The van der Waals surface area contributed by atoms with Gasteiger partial charge in [-0.15, -0.1) is 18.3 Å². The van der Waals surface area contributed by atoms with Gasteiger partial charge in [0.2, 0.25) is 10.0 Å². The van der Waals surface area contributed by atoms with E-state index in [2.05, 4.69) is 23.7 Å². The number of hydrogen-bond donors (Lipinski definition) is 0. The number of piperidine rings is 1. The summed E-state index contributed by atoms with van der Waals surface area (Å²) in [6.45, 7) is 4.97. The Morgan fingerprint density at radius 2 is 1.94 bits per heavy atom. The molecule has 0 aliphatic carbocycles. The Kier molecular flexibility index (Phi) is 7.61. The van der Waals surface area contributed by atoms with E-state index in [9.17, 15) is 13.2 Å². The van der Waals surface area contributed by atoms with Crippen LogP contribution in [0.5, 0.6) is 5.75 Å². The number of rotatable bonds is 7. The first-order chi connectivity index (χ1) is 16.4. The lowest BCUT2D eigenvalue weighted by molar-refractivity contribution is -0.122. The zero-order valence-corrected chi connectivity index (χ0v) is 21.6. The second-order valence-electron chi connectivity index (χ2n) is 7.92. The minimum Gasteiger partial charge on any atom is -0.497 e. The van der Waals surface area contributed by atoms with E-state index in [1.807, 2.05) is 16.9 Å². The van der Waals surface area contributed by atoms with Gasteiger partial charge in [-0.1, -0.05) is 17.4 Å². The van der Waals surface area contributed by atoms with Crippen molar-refractivity contribution in [3.8, 4) is 5.75 Å². The fraction of sp³-hybridized carbons (Fsp3) is 0.333. The quantitative estimate of drug-likeness (QED) is 0.347. The first-order valence-electron chi connectivity index (χ1n) is 10.9. The number of thioether (sulfide) groups is 1. The number of hydrogen-bond acceptors (Lipinski definition) is 6. The van der Waals surface area contributed by atoms with Gasteiger partial charge in [-0.2, -0.15) is 9.30 Å². The van der Waals surface area contributed by atoms with Crippen LogP contribution in [0.25, 0.3) is 10.2 Å². The van der Waals surface area contributed by atoms with Crippen molar-refractivity contribution in [3.63, 3.8) is 0 Å². The monoisotopic (exact) mass is 517 g/mol. The molecule has 2 aromatic carbocycles. The highest BCUT2D eigenvalue weighted by molar-refractivity contribution is 7.98. The number of methoxy groups -OCH3 is 1. The van der Waals surface area contributed by atoms with E-state index in [0.717, 1.165) is 15.1 Å². The van der Waals surface area contributed by atoms with Crippen molar-refractivity contribution < 1.29 is 17.9 Å². The molecule has 0 N–H and O–H groups in total. The minimum absolute atomic E-state index is 0.198. The second kappa shape index (κ2) is 10.5. The van der Waals surface area contributed by atoms with Gasteiger partial charge in [-0.3, -0.25) is 4.79 Å². The fourth-order valence-corrected chi connectivity index (χ4v) is 7.07. The number of carbonyl (C=O) groups excluding carboxylic acids is 1. The van der Waals surface area contributed by atoms with Crippen molar-refractivity contribution in [1.82, 2.24) is 8.87 Å². The maximum atomic E-state index is 13.0. The van der Waals surface area contributed by atoms with Gasteiger partial charge in [-0.05, 0) is 61.6 Å². The molecule has 34 heavy (non-hydrogen) atoms. The largest absolute Gasteiger partial charge is 0.497 e. The third-order valence-electron chi connectivity index (χ3n) is 5.91. The summed E-state index contributed by atoms with van der Waals surface area (Å²) in [4.78, 5) is 19.5. The van der Waals surface area contributed by atoms with Crippen molar-refractivity contribution in [1.29, 1.82) is 0 Å². The number of amides is 1. The van der Waals surface area contributed by atoms with Crippen LogP contribution in [0.4, 0.5) is 0 Å². The number of thiazole rings is 1. The van der Waals surface area contributed by atoms with Crippen LogP contribution in [0.15, 0.2) is 69.9 Å². The fourth-order valence-electron chi connectivity index (χ4n) is 4.00. The average molecular weight is 518 g/mol. The third kappa shape index (κ3) is 5.00. The second-order valence-corrected chi connectivity index (χ2v) is 11.7. The van der Waals surface area contributed by atoms with Crippen LogP contribution in [-0.4, -0.2) is 49.7 Å². The average Bonchev–Trinajstić information content (AvgIpc) is 3.20. The molecule has 0 spiro atoms. The van der Waals surface area contributed by atoms with Crippen LogP contribution in [-0.2, 0) is 21.4 Å². The van der Waals surface area contributed by atoms with Gasteiger partial charge in [0.1, 0.15) is 5.75 Å². The topological polar surface area (TPSA) is 81.0 Å². The Morgan fingerprint density at radius 1 is 1.24 bits per heavy atom. The van der Waals surface area contributed by atoms with E-state index < -0.39 is 10.0 Å². The van der Waals surface area contributed by atoms with Gasteiger partial charge in [0.15, 0.2) is 4.80 Å². The molecule has 1 amide bonds. The molecule has 0 bridgehead atoms. The van der Waals surface area contributed by atoms with Crippen molar-refractivity contribution >= 4 is 49.2 Å². The lowest BCUT2D eigenvalue weighted by Crippen LogP contribution is -2.40. The summed E-state index contributed by atoms with van der Waals surface area (Å²) in [5.41, 5.74) is 1.02. The lowest BCUT2D eigenvalue weighted by atomic mass is 9.98. The van der Waals surface area contributed by atoms with E-state index in [1.54, 1.807) is 42.1 Å². The molecule has 0 unspecified atom stereocenters. The summed E-state index contributed by atoms with van der Waals surface area (Å²) in [7, 11) is -2.08. The number of ether oxygens (including phenoxy) is 1. The van der Waals surface area contributed by atoms with Crippen LogP contribution in [0.2, 0.25) is 0 Å². The zero-order valence-electron chi connectivity index (χ0n) is 19.1. The van der Waals surface area contributed by atoms with Crippen molar-refractivity contribution in [2.45, 2.75) is 29.2 Å². The van der Waals surface area contributed by atoms with Crippen LogP contribution in [0, 0.1) is 5.92 Å². The van der Waals surface area contributed by atoms with Crippen molar-refractivity contribution in [2.75, 3.05) is 26.5 Å². The molecule has 1 saturated heterocycles. The van der Waals surface area contributed by atoms with E-state index in [4.69, 9.17) is 4.74 Å². The van der Waals surface area contributed by atoms with Crippen molar-refractivity contribution in [3.05, 3.63) is 59.9 Å². The van der Waals surface area contributed by atoms with E-state index in [1.165, 1.54) is 22.8 Å². The molecule has 3 aromatic rings. The van der Waals surface area contributed by atoms with Gasteiger partial charge in [0, 0.05) is 30.4 Å². The molecule has 4 rings (SSSR count). The lowest BCUT2D eigenvalue weighted by Gasteiger charge is -2.29. The molecule has 7 nitrogen and oxygen atoms in total. The van der Waals surface area contributed by atoms with Crippen LogP contribution >= 0.6 is 23.1 Å². The molecule has 1 aromatic heterocycles. The molecule has 2 heterocycles. The van der Waals surface area contributed by atoms with Crippen molar-refractivity contribution in [2.24, 2.45) is 10.9 Å². The molecule has 0 atom stereocenters. The molecule has 0 radical (unpaired) electrons. The summed E-state index contributed by atoms with van der Waals surface area (Å²) in [6, 6.07) is 12.6.